The van der Waals surface area contributed by atoms with Crippen molar-refractivity contribution in [3.63, 3.8) is 0 Å². The second kappa shape index (κ2) is 8.14. The lowest BCUT2D eigenvalue weighted by atomic mass is 9.96. The Morgan fingerprint density at radius 3 is 2.73 bits per heavy atom. The molecule has 1 aliphatic heterocycles. The molecule has 1 fully saturated rings. The second-order valence-corrected chi connectivity index (χ2v) is 8.20. The fourth-order valence-electron chi connectivity index (χ4n) is 3.49. The SMILES string of the molecule is Cc1ccc(C(=O)N2CCC[C@H](c3nc(-c4cccs4)cc(C(F)(F)F)n3)C2)cn1. The Kier molecular flexibility index (Phi) is 5.55. The Morgan fingerprint density at radius 2 is 2.07 bits per heavy atom. The molecule has 1 saturated heterocycles. The Labute approximate surface area is 175 Å². The number of hydrogen-bond acceptors (Lipinski definition) is 5. The molecule has 0 aliphatic carbocycles. The first-order valence-electron chi connectivity index (χ1n) is 9.53. The van der Waals surface area contributed by atoms with Gasteiger partial charge in [-0.15, -0.1) is 11.3 Å². The molecule has 156 valence electrons. The van der Waals surface area contributed by atoms with Crippen molar-refractivity contribution < 1.29 is 18.0 Å². The van der Waals surface area contributed by atoms with E-state index in [-0.39, 0.29) is 29.9 Å². The van der Waals surface area contributed by atoms with Crippen LogP contribution in [-0.4, -0.2) is 38.8 Å². The summed E-state index contributed by atoms with van der Waals surface area (Å²) in [5, 5.41) is 1.79. The summed E-state index contributed by atoms with van der Waals surface area (Å²) in [5.74, 6) is -0.410. The van der Waals surface area contributed by atoms with Gasteiger partial charge in [0.15, 0.2) is 0 Å². The van der Waals surface area contributed by atoms with Crippen molar-refractivity contribution in [3.8, 4) is 10.6 Å². The number of aryl methyl sites for hydroxylation is 1. The Morgan fingerprint density at radius 1 is 1.23 bits per heavy atom. The van der Waals surface area contributed by atoms with Crippen molar-refractivity contribution in [2.45, 2.75) is 31.9 Å². The first kappa shape index (κ1) is 20.5. The van der Waals surface area contributed by atoms with Gasteiger partial charge in [0.05, 0.1) is 16.1 Å². The molecular weight excluding hydrogens is 413 g/mol. The molecule has 3 aromatic rings. The van der Waals surface area contributed by atoms with Crippen LogP contribution in [0.25, 0.3) is 10.6 Å². The van der Waals surface area contributed by atoms with Crippen molar-refractivity contribution in [3.05, 3.63) is 64.7 Å². The molecule has 9 heteroatoms. The number of aromatic nitrogens is 3. The molecule has 3 aromatic heterocycles. The zero-order chi connectivity index (χ0) is 21.3. The summed E-state index contributed by atoms with van der Waals surface area (Å²) in [5.41, 5.74) is 0.572. The van der Waals surface area contributed by atoms with Crippen molar-refractivity contribution in [1.82, 2.24) is 19.9 Å². The van der Waals surface area contributed by atoms with Gasteiger partial charge in [-0.3, -0.25) is 9.78 Å². The van der Waals surface area contributed by atoms with Crippen LogP contribution in [0.15, 0.2) is 41.9 Å². The minimum absolute atomic E-state index is 0.132. The number of rotatable bonds is 3. The van der Waals surface area contributed by atoms with Crippen molar-refractivity contribution >= 4 is 17.2 Å². The minimum Gasteiger partial charge on any atom is -0.338 e. The highest BCUT2D eigenvalue weighted by Gasteiger charge is 2.35. The quantitative estimate of drug-likeness (QED) is 0.588. The normalized spacial score (nSPS) is 17.2. The molecule has 4 heterocycles. The summed E-state index contributed by atoms with van der Waals surface area (Å²) in [6, 6.07) is 7.96. The van der Waals surface area contributed by atoms with E-state index in [1.165, 1.54) is 17.5 Å². The first-order chi connectivity index (χ1) is 14.3. The monoisotopic (exact) mass is 432 g/mol. The number of carbonyl (C=O) groups is 1. The topological polar surface area (TPSA) is 59.0 Å². The Balaban J connectivity index is 1.63. The van der Waals surface area contributed by atoms with Crippen molar-refractivity contribution in [2.75, 3.05) is 13.1 Å². The van der Waals surface area contributed by atoms with Crippen LogP contribution < -0.4 is 0 Å². The highest BCUT2D eigenvalue weighted by Crippen LogP contribution is 2.34. The van der Waals surface area contributed by atoms with Gasteiger partial charge in [-0.05, 0) is 49.4 Å². The highest BCUT2D eigenvalue weighted by molar-refractivity contribution is 7.13. The van der Waals surface area contributed by atoms with Crippen LogP contribution in [0.2, 0.25) is 0 Å². The fourth-order valence-corrected chi connectivity index (χ4v) is 4.18. The van der Waals surface area contributed by atoms with Crippen molar-refractivity contribution in [2.24, 2.45) is 0 Å². The predicted molar refractivity (Wildman–Crippen MR) is 107 cm³/mol. The van der Waals surface area contributed by atoms with Crippen LogP contribution in [0.5, 0.6) is 0 Å². The highest BCUT2D eigenvalue weighted by atomic mass is 32.1. The van der Waals surface area contributed by atoms with E-state index in [1.807, 2.05) is 6.92 Å². The van der Waals surface area contributed by atoms with Gasteiger partial charge in [-0.1, -0.05) is 6.07 Å². The van der Waals surface area contributed by atoms with E-state index in [2.05, 4.69) is 15.0 Å². The molecule has 1 aliphatic rings. The van der Waals surface area contributed by atoms with E-state index in [1.54, 1.807) is 34.5 Å². The average molecular weight is 432 g/mol. The lowest BCUT2D eigenvalue weighted by Gasteiger charge is -2.32. The van der Waals surface area contributed by atoms with Gasteiger partial charge in [0.2, 0.25) is 0 Å². The summed E-state index contributed by atoms with van der Waals surface area (Å²) in [4.78, 5) is 27.6. The van der Waals surface area contributed by atoms with Crippen LogP contribution in [0, 0.1) is 6.92 Å². The van der Waals surface area contributed by atoms with Crippen molar-refractivity contribution in [1.29, 1.82) is 0 Å². The van der Waals surface area contributed by atoms with Gasteiger partial charge in [-0.25, -0.2) is 9.97 Å². The number of piperidine rings is 1. The van der Waals surface area contributed by atoms with E-state index < -0.39 is 11.9 Å². The molecule has 0 bridgehead atoms. The number of pyridine rings is 1. The summed E-state index contributed by atoms with van der Waals surface area (Å²) in [7, 11) is 0. The molecule has 0 radical (unpaired) electrons. The Hall–Kier alpha value is -2.81. The maximum absolute atomic E-state index is 13.5. The molecule has 30 heavy (non-hydrogen) atoms. The van der Waals surface area contributed by atoms with Crippen LogP contribution in [0.3, 0.4) is 0 Å². The summed E-state index contributed by atoms with van der Waals surface area (Å²) >= 11 is 1.33. The summed E-state index contributed by atoms with van der Waals surface area (Å²) in [6.07, 6.45) is -1.75. The summed E-state index contributed by atoms with van der Waals surface area (Å²) in [6.45, 7) is 2.65. The molecule has 0 unspecified atom stereocenters. The lowest BCUT2D eigenvalue weighted by molar-refractivity contribution is -0.141. The van der Waals surface area contributed by atoms with E-state index in [0.29, 0.717) is 29.8 Å². The van der Waals surface area contributed by atoms with E-state index in [0.717, 1.165) is 11.8 Å². The first-order valence-corrected chi connectivity index (χ1v) is 10.4. The van der Waals surface area contributed by atoms with E-state index in [9.17, 15) is 18.0 Å². The van der Waals surface area contributed by atoms with Crippen LogP contribution in [-0.2, 0) is 6.18 Å². The zero-order valence-electron chi connectivity index (χ0n) is 16.2. The van der Waals surface area contributed by atoms with Gasteiger partial charge >= 0.3 is 6.18 Å². The number of halogens is 3. The Bertz CT molecular complexity index is 1040. The van der Waals surface area contributed by atoms with Gasteiger partial charge in [-0.2, -0.15) is 13.2 Å². The number of alkyl halides is 3. The third kappa shape index (κ3) is 4.35. The molecular formula is C21H19F3N4OS. The fraction of sp³-hybridized carbons (Fsp3) is 0.333. The van der Waals surface area contributed by atoms with Crippen LogP contribution >= 0.6 is 11.3 Å². The number of likely N-dealkylation sites (tertiary alicyclic amines) is 1. The van der Waals surface area contributed by atoms with Gasteiger partial charge < -0.3 is 4.90 Å². The third-order valence-corrected chi connectivity index (χ3v) is 5.93. The second-order valence-electron chi connectivity index (χ2n) is 7.25. The molecule has 0 saturated carbocycles. The number of hydrogen-bond donors (Lipinski definition) is 0. The third-order valence-electron chi connectivity index (χ3n) is 5.04. The molecule has 0 N–H and O–H groups in total. The van der Waals surface area contributed by atoms with E-state index >= 15 is 0 Å². The van der Waals surface area contributed by atoms with Gasteiger partial charge in [0.25, 0.3) is 5.91 Å². The lowest BCUT2D eigenvalue weighted by Crippen LogP contribution is -2.39. The number of carbonyl (C=O) groups excluding carboxylic acids is 1. The number of amides is 1. The standard InChI is InChI=1S/C21H19F3N4OS/c1-13-6-7-14(11-25-13)20(29)28-8-2-4-15(12-28)19-26-16(17-5-3-9-30-17)10-18(27-19)21(22,23)24/h3,5-7,9-11,15H,2,4,8,12H2,1H3/t15-/m0/s1. The largest absolute Gasteiger partial charge is 0.433 e. The maximum atomic E-state index is 13.5. The van der Waals surface area contributed by atoms with Crippen LogP contribution in [0.4, 0.5) is 13.2 Å². The zero-order valence-corrected chi connectivity index (χ0v) is 17.0. The molecule has 4 rings (SSSR count). The van der Waals surface area contributed by atoms with Gasteiger partial charge in [0.1, 0.15) is 11.5 Å². The molecule has 1 atom stereocenters. The molecule has 0 aromatic carbocycles. The smallest absolute Gasteiger partial charge is 0.338 e. The van der Waals surface area contributed by atoms with E-state index in [4.69, 9.17) is 0 Å². The maximum Gasteiger partial charge on any atom is 0.433 e. The average Bonchev–Trinajstić information content (AvgIpc) is 3.28. The number of thiophene rings is 1. The molecule has 5 nitrogen and oxygen atoms in total. The summed E-state index contributed by atoms with van der Waals surface area (Å²) < 4.78 is 40.4. The molecule has 0 spiro atoms. The minimum atomic E-state index is -4.57. The van der Waals surface area contributed by atoms with Gasteiger partial charge in [0, 0.05) is 30.9 Å². The molecule has 1 amide bonds. The van der Waals surface area contributed by atoms with Crippen LogP contribution in [0.1, 0.15) is 46.3 Å². The predicted octanol–water partition coefficient (Wildman–Crippen LogP) is 4.95. The number of nitrogens with zero attached hydrogens (tertiary/aromatic N) is 4.